The maximum Gasteiger partial charge on any atom is 0.0465 e. The Labute approximate surface area is 467 Å². The van der Waals surface area contributed by atoms with Crippen LogP contribution in [0.1, 0.15) is 144 Å². The average Bonchev–Trinajstić information content (AvgIpc) is 3.72. The monoisotopic (exact) mass is 1020 g/mol. The van der Waals surface area contributed by atoms with Gasteiger partial charge in [-0.3, -0.25) is 0 Å². The van der Waals surface area contributed by atoms with Crippen LogP contribution >= 0.6 is 0 Å². The quantitative estimate of drug-likeness (QED) is 0.0681. The van der Waals surface area contributed by atoms with Crippen LogP contribution in [0.5, 0.6) is 0 Å². The zero-order chi connectivity index (χ0) is 53.6. The van der Waals surface area contributed by atoms with Gasteiger partial charge in [0.2, 0.25) is 0 Å². The van der Waals surface area contributed by atoms with E-state index in [2.05, 4.69) is 258 Å². The molecule has 78 heavy (non-hydrogen) atoms. The number of aryl methyl sites for hydroxylation is 3. The molecule has 11 rings (SSSR count). The Hall–Kier alpha value is -7.42. The number of rotatable bonds is 22. The van der Waals surface area contributed by atoms with E-state index in [1.807, 2.05) is 0 Å². The van der Waals surface area contributed by atoms with Crippen molar-refractivity contribution in [2.24, 2.45) is 5.92 Å². The number of benzene rings is 9. The maximum atomic E-state index is 3.90. The summed E-state index contributed by atoms with van der Waals surface area (Å²) in [6.45, 7) is 13.9. The van der Waals surface area contributed by atoms with Gasteiger partial charge in [-0.25, -0.2) is 0 Å². The summed E-state index contributed by atoms with van der Waals surface area (Å²) in [6, 6.07) is 78.6. The highest BCUT2D eigenvalue weighted by Gasteiger charge is 2.43. The molecule has 0 bridgehead atoms. The molecule has 1 N–H and O–H groups in total. The number of hydrogen-bond donors (Lipinski definition) is 1. The van der Waals surface area contributed by atoms with Crippen molar-refractivity contribution in [3.63, 3.8) is 0 Å². The number of anilines is 5. The molecule has 9 aromatic rings. The molecule has 0 spiro atoms. The Bertz CT molecular complexity index is 3430. The molecule has 2 nitrogen and oxygen atoms in total. The number of para-hydroxylation sites is 1. The first kappa shape index (κ1) is 52.6. The topological polar surface area (TPSA) is 15.3 Å². The van der Waals surface area contributed by atoms with Crippen molar-refractivity contribution < 1.29 is 0 Å². The van der Waals surface area contributed by atoms with Crippen LogP contribution in [0.15, 0.2) is 206 Å². The van der Waals surface area contributed by atoms with E-state index in [9.17, 15) is 0 Å². The van der Waals surface area contributed by atoms with Crippen molar-refractivity contribution >= 4 is 28.4 Å². The Kier molecular flexibility index (Phi) is 15.7. The van der Waals surface area contributed by atoms with Crippen molar-refractivity contribution in [2.75, 3.05) is 10.2 Å². The van der Waals surface area contributed by atoms with Crippen LogP contribution in [0.4, 0.5) is 28.4 Å². The molecule has 9 aromatic carbocycles. The van der Waals surface area contributed by atoms with Gasteiger partial charge in [0.1, 0.15) is 0 Å². The summed E-state index contributed by atoms with van der Waals surface area (Å²) in [7, 11) is 0. The highest BCUT2D eigenvalue weighted by molar-refractivity contribution is 5.88. The van der Waals surface area contributed by atoms with Gasteiger partial charge in [-0.05, 0) is 183 Å². The van der Waals surface area contributed by atoms with Gasteiger partial charge >= 0.3 is 0 Å². The first-order valence-corrected chi connectivity index (χ1v) is 29.6. The molecule has 1 unspecified atom stereocenters. The van der Waals surface area contributed by atoms with E-state index in [-0.39, 0.29) is 10.8 Å². The fraction of sp³-hybridized carbons (Fsp3) is 0.289. The number of fused-ring (bicyclic) bond motifs is 4. The molecule has 2 heteroatoms. The minimum absolute atomic E-state index is 0.0902. The predicted molar refractivity (Wildman–Crippen MR) is 335 cm³/mol. The number of nitrogens with one attached hydrogen (secondary N) is 1. The van der Waals surface area contributed by atoms with Crippen LogP contribution in [0.25, 0.3) is 44.5 Å². The third kappa shape index (κ3) is 10.9. The average molecular weight is 1020 g/mol. The van der Waals surface area contributed by atoms with Gasteiger partial charge in [0.15, 0.2) is 0 Å². The minimum Gasteiger partial charge on any atom is -0.356 e. The van der Waals surface area contributed by atoms with Crippen LogP contribution in [-0.4, -0.2) is 0 Å². The number of hydrogen-bond acceptors (Lipinski definition) is 2. The summed E-state index contributed by atoms with van der Waals surface area (Å²) in [5, 5.41) is 3.90. The molecule has 0 saturated carbocycles. The van der Waals surface area contributed by atoms with Crippen molar-refractivity contribution in [2.45, 2.75) is 136 Å². The summed E-state index contributed by atoms with van der Waals surface area (Å²) in [4.78, 5) is 2.48. The lowest BCUT2D eigenvalue weighted by molar-refractivity contribution is 0.401. The SMILES string of the molecule is CCCCCCC1(CCCCCC)c2cc(Nc3ccc(-c4ccc(C(C)(CC(C)C)c5ccc(-c6ccc(C)cc6)cc5)cc4)cc3)ccc2-c2ccc(N(c3ccccc3)c3ccc(-c4ccc5c(c4)CC5)cc3)cc21. The second-order valence-corrected chi connectivity index (χ2v) is 23.5. The van der Waals surface area contributed by atoms with Crippen LogP contribution < -0.4 is 10.2 Å². The fourth-order valence-corrected chi connectivity index (χ4v) is 13.2. The number of nitrogens with zero attached hydrogens (tertiary/aromatic N) is 1. The van der Waals surface area contributed by atoms with E-state index >= 15 is 0 Å². The molecular weight excluding hydrogens is 941 g/mol. The largest absolute Gasteiger partial charge is 0.356 e. The zero-order valence-corrected chi connectivity index (χ0v) is 47.3. The van der Waals surface area contributed by atoms with E-state index in [0.29, 0.717) is 5.92 Å². The lowest BCUT2D eigenvalue weighted by Gasteiger charge is -2.34. The second kappa shape index (κ2) is 23.3. The van der Waals surface area contributed by atoms with Crippen LogP contribution in [0.2, 0.25) is 0 Å². The van der Waals surface area contributed by atoms with Gasteiger partial charge in [-0.1, -0.05) is 237 Å². The van der Waals surface area contributed by atoms with Crippen molar-refractivity contribution in [1.29, 1.82) is 0 Å². The zero-order valence-electron chi connectivity index (χ0n) is 47.3. The highest BCUT2D eigenvalue weighted by atomic mass is 15.1. The Morgan fingerprint density at radius 2 is 0.923 bits per heavy atom. The number of unbranched alkanes of at least 4 members (excludes halogenated alkanes) is 6. The molecule has 0 saturated heterocycles. The van der Waals surface area contributed by atoms with E-state index in [4.69, 9.17) is 0 Å². The molecule has 1 atom stereocenters. The first-order chi connectivity index (χ1) is 38.1. The molecule has 2 aliphatic rings. The summed E-state index contributed by atoms with van der Waals surface area (Å²) < 4.78 is 0. The maximum absolute atomic E-state index is 3.90. The van der Waals surface area contributed by atoms with E-state index in [0.717, 1.165) is 30.6 Å². The Morgan fingerprint density at radius 3 is 1.47 bits per heavy atom. The molecule has 2 aliphatic carbocycles. The molecular formula is C76H80N2. The van der Waals surface area contributed by atoms with Crippen LogP contribution in [-0.2, 0) is 23.7 Å². The Balaban J connectivity index is 0.881. The summed E-state index contributed by atoms with van der Waals surface area (Å²) >= 11 is 0. The highest BCUT2D eigenvalue weighted by Crippen LogP contribution is 2.56. The molecule has 0 aromatic heterocycles. The molecule has 394 valence electrons. The third-order valence-electron chi connectivity index (χ3n) is 17.6. The molecule has 0 amide bonds. The lowest BCUT2D eigenvalue weighted by Crippen LogP contribution is -2.26. The van der Waals surface area contributed by atoms with Gasteiger partial charge < -0.3 is 10.2 Å². The normalized spacial score (nSPS) is 13.8. The van der Waals surface area contributed by atoms with Gasteiger partial charge in [0.25, 0.3) is 0 Å². The summed E-state index contributed by atoms with van der Waals surface area (Å²) in [6.07, 6.45) is 15.8. The van der Waals surface area contributed by atoms with E-state index < -0.39 is 0 Å². The summed E-state index contributed by atoms with van der Waals surface area (Å²) in [5.41, 5.74) is 26.0. The lowest BCUT2D eigenvalue weighted by atomic mass is 9.70. The van der Waals surface area contributed by atoms with Crippen molar-refractivity contribution in [3.05, 3.63) is 245 Å². The van der Waals surface area contributed by atoms with Crippen molar-refractivity contribution in [1.82, 2.24) is 0 Å². The standard InChI is InChI=1S/C76H80N2/c1-7-9-11-16-48-76(49-17-12-10-8-2)73-51-67(77-66-40-32-59(33-41-66)58-30-38-65(39-31-58)75(6,53-54(3)4)64-36-28-57(29-37-64)56-22-20-55(5)21-23-56)42-46-71(73)72-47-45-70(52-74(72)76)78(68-18-14-13-15-19-68)69-43-34-61(35-44-69)63-27-25-60-24-26-62(60)50-63/h13-15,18-23,25,27-47,50-52,54,77H,7-12,16-17,24,26,48-49,53H2,1-6H3. The van der Waals surface area contributed by atoms with Gasteiger partial charge in [-0.15, -0.1) is 0 Å². The molecule has 0 aliphatic heterocycles. The first-order valence-electron chi connectivity index (χ1n) is 29.6. The molecule has 0 heterocycles. The summed E-state index contributed by atoms with van der Waals surface area (Å²) in [5.74, 6) is 0.551. The van der Waals surface area contributed by atoms with Crippen molar-refractivity contribution in [3.8, 4) is 44.5 Å². The third-order valence-corrected chi connectivity index (χ3v) is 17.6. The minimum atomic E-state index is -0.104. The van der Waals surface area contributed by atoms with Crippen LogP contribution in [0.3, 0.4) is 0 Å². The Morgan fingerprint density at radius 1 is 0.449 bits per heavy atom. The van der Waals surface area contributed by atoms with Crippen LogP contribution in [0, 0.1) is 12.8 Å². The van der Waals surface area contributed by atoms with Gasteiger partial charge in [-0.2, -0.15) is 0 Å². The van der Waals surface area contributed by atoms with Gasteiger partial charge in [0, 0.05) is 39.3 Å². The molecule has 0 fully saturated rings. The van der Waals surface area contributed by atoms with Gasteiger partial charge in [0.05, 0.1) is 0 Å². The van der Waals surface area contributed by atoms with E-state index in [1.54, 1.807) is 0 Å². The predicted octanol–water partition coefficient (Wildman–Crippen LogP) is 21.9. The smallest absolute Gasteiger partial charge is 0.0465 e. The molecule has 0 radical (unpaired) electrons. The fourth-order valence-electron chi connectivity index (χ4n) is 13.2. The second-order valence-electron chi connectivity index (χ2n) is 23.5. The van der Waals surface area contributed by atoms with E-state index in [1.165, 1.54) is 165 Å².